The molecule has 2 N–H and O–H groups in total. The van der Waals surface area contributed by atoms with Crippen molar-refractivity contribution >= 4 is 16.6 Å². The molecule has 0 saturated carbocycles. The molecule has 0 radical (unpaired) electrons. The fourth-order valence-electron chi connectivity index (χ4n) is 2.22. The lowest BCUT2D eigenvalue weighted by Crippen LogP contribution is -1.91. The summed E-state index contributed by atoms with van der Waals surface area (Å²) in [5.74, 6) is 0. The summed E-state index contributed by atoms with van der Waals surface area (Å²) in [6, 6.07) is 16.5. The summed E-state index contributed by atoms with van der Waals surface area (Å²) in [5, 5.41) is 1.17. The molecule has 2 nitrogen and oxygen atoms in total. The number of hydrogen-bond donors (Lipinski definition) is 1. The van der Waals surface area contributed by atoms with Crippen LogP contribution in [0.2, 0.25) is 0 Å². The van der Waals surface area contributed by atoms with Crippen LogP contribution in [0.1, 0.15) is 11.1 Å². The van der Waals surface area contributed by atoms with E-state index in [1.165, 1.54) is 10.9 Å². The van der Waals surface area contributed by atoms with Gasteiger partial charge in [-0.15, -0.1) is 0 Å². The first-order valence-electron chi connectivity index (χ1n) is 6.37. The lowest BCUT2D eigenvalue weighted by Gasteiger charge is -2.06. The highest BCUT2D eigenvalue weighted by Crippen LogP contribution is 2.24. The Hall–Kier alpha value is -2.35. The SMILES string of the molecule is Cc1ccc2ccc(-c3ccc(N)c(C)c3)nc2c1. The van der Waals surface area contributed by atoms with Gasteiger partial charge >= 0.3 is 0 Å². The van der Waals surface area contributed by atoms with Gasteiger partial charge in [0, 0.05) is 16.6 Å². The van der Waals surface area contributed by atoms with Crippen molar-refractivity contribution in [1.29, 1.82) is 0 Å². The van der Waals surface area contributed by atoms with Gasteiger partial charge in [0.05, 0.1) is 11.2 Å². The molecule has 1 aromatic heterocycles. The molecule has 0 fully saturated rings. The number of pyridine rings is 1. The molecule has 0 atom stereocenters. The first kappa shape index (κ1) is 11.7. The molecule has 0 aliphatic rings. The average Bonchev–Trinajstić information content (AvgIpc) is 2.41. The second-order valence-corrected chi connectivity index (χ2v) is 4.96. The first-order valence-corrected chi connectivity index (χ1v) is 6.37. The van der Waals surface area contributed by atoms with Gasteiger partial charge in [-0.25, -0.2) is 4.98 Å². The quantitative estimate of drug-likeness (QED) is 0.658. The summed E-state index contributed by atoms with van der Waals surface area (Å²) in [5.41, 5.74) is 12.1. The highest BCUT2D eigenvalue weighted by Gasteiger charge is 2.03. The highest BCUT2D eigenvalue weighted by molar-refractivity contribution is 5.82. The summed E-state index contributed by atoms with van der Waals surface area (Å²) in [6.45, 7) is 4.10. The minimum absolute atomic E-state index is 0.820. The molecule has 0 aliphatic carbocycles. The Balaban J connectivity index is 2.16. The van der Waals surface area contributed by atoms with E-state index in [2.05, 4.69) is 43.3 Å². The van der Waals surface area contributed by atoms with Gasteiger partial charge < -0.3 is 5.73 Å². The van der Waals surface area contributed by atoms with E-state index in [9.17, 15) is 0 Å². The second kappa shape index (κ2) is 4.39. The summed E-state index contributed by atoms with van der Waals surface area (Å²) in [4.78, 5) is 4.74. The van der Waals surface area contributed by atoms with Gasteiger partial charge in [-0.2, -0.15) is 0 Å². The number of aryl methyl sites for hydroxylation is 2. The average molecular weight is 248 g/mol. The van der Waals surface area contributed by atoms with Crippen molar-refractivity contribution in [1.82, 2.24) is 4.98 Å². The molecule has 0 unspecified atom stereocenters. The second-order valence-electron chi connectivity index (χ2n) is 4.96. The van der Waals surface area contributed by atoms with Crippen molar-refractivity contribution in [2.45, 2.75) is 13.8 Å². The molecule has 2 heteroatoms. The van der Waals surface area contributed by atoms with Crippen LogP contribution in [0, 0.1) is 13.8 Å². The molecule has 19 heavy (non-hydrogen) atoms. The van der Waals surface area contributed by atoms with E-state index < -0.39 is 0 Å². The molecule has 94 valence electrons. The van der Waals surface area contributed by atoms with Crippen molar-refractivity contribution in [2.24, 2.45) is 0 Å². The number of anilines is 1. The maximum Gasteiger partial charge on any atom is 0.0712 e. The zero-order valence-electron chi connectivity index (χ0n) is 11.1. The number of aromatic nitrogens is 1. The van der Waals surface area contributed by atoms with Crippen LogP contribution in [0.15, 0.2) is 48.5 Å². The van der Waals surface area contributed by atoms with Crippen molar-refractivity contribution in [3.05, 3.63) is 59.7 Å². The highest BCUT2D eigenvalue weighted by atomic mass is 14.7. The van der Waals surface area contributed by atoms with E-state index in [0.717, 1.165) is 28.0 Å². The third kappa shape index (κ3) is 2.17. The molecule has 3 aromatic rings. The van der Waals surface area contributed by atoms with Gasteiger partial charge in [0.1, 0.15) is 0 Å². The molecular formula is C17H16N2. The Labute approximate surface area is 112 Å². The molecule has 1 heterocycles. The minimum Gasteiger partial charge on any atom is -0.399 e. The zero-order valence-corrected chi connectivity index (χ0v) is 11.1. The number of nitrogen functional groups attached to an aromatic ring is 1. The van der Waals surface area contributed by atoms with Crippen LogP contribution in [0.4, 0.5) is 5.69 Å². The first-order chi connectivity index (χ1) is 9.13. The van der Waals surface area contributed by atoms with Gasteiger partial charge in [0.2, 0.25) is 0 Å². The number of hydrogen-bond acceptors (Lipinski definition) is 2. The molecule has 2 aromatic carbocycles. The van der Waals surface area contributed by atoms with Gasteiger partial charge in [0.25, 0.3) is 0 Å². The van der Waals surface area contributed by atoms with Crippen molar-refractivity contribution < 1.29 is 0 Å². The summed E-state index contributed by atoms with van der Waals surface area (Å²) >= 11 is 0. The van der Waals surface area contributed by atoms with Gasteiger partial charge in [-0.1, -0.05) is 24.3 Å². The summed E-state index contributed by atoms with van der Waals surface area (Å²) < 4.78 is 0. The Morgan fingerprint density at radius 2 is 1.68 bits per heavy atom. The number of nitrogens with zero attached hydrogens (tertiary/aromatic N) is 1. The fourth-order valence-corrected chi connectivity index (χ4v) is 2.22. The third-order valence-electron chi connectivity index (χ3n) is 3.41. The van der Waals surface area contributed by atoms with Gasteiger partial charge in [-0.05, 0) is 49.2 Å². The molecule has 0 spiro atoms. The van der Waals surface area contributed by atoms with Crippen LogP contribution in [-0.2, 0) is 0 Å². The van der Waals surface area contributed by atoms with Gasteiger partial charge in [0.15, 0.2) is 0 Å². The van der Waals surface area contributed by atoms with Crippen LogP contribution in [0.25, 0.3) is 22.2 Å². The van der Waals surface area contributed by atoms with Crippen molar-refractivity contribution in [2.75, 3.05) is 5.73 Å². The van der Waals surface area contributed by atoms with E-state index >= 15 is 0 Å². The number of benzene rings is 2. The maximum absolute atomic E-state index is 5.86. The number of rotatable bonds is 1. The molecule has 3 rings (SSSR count). The number of fused-ring (bicyclic) bond motifs is 1. The minimum atomic E-state index is 0.820. The molecule has 0 aliphatic heterocycles. The Morgan fingerprint density at radius 3 is 2.47 bits per heavy atom. The van der Waals surface area contributed by atoms with Crippen molar-refractivity contribution in [3.8, 4) is 11.3 Å². The van der Waals surface area contributed by atoms with E-state index in [-0.39, 0.29) is 0 Å². The molecule has 0 saturated heterocycles. The van der Waals surface area contributed by atoms with Crippen LogP contribution >= 0.6 is 0 Å². The van der Waals surface area contributed by atoms with Crippen LogP contribution in [0.5, 0.6) is 0 Å². The summed E-state index contributed by atoms with van der Waals surface area (Å²) in [6.07, 6.45) is 0. The van der Waals surface area contributed by atoms with E-state index in [1.54, 1.807) is 0 Å². The van der Waals surface area contributed by atoms with Crippen LogP contribution in [-0.4, -0.2) is 4.98 Å². The van der Waals surface area contributed by atoms with Gasteiger partial charge in [-0.3, -0.25) is 0 Å². The monoisotopic (exact) mass is 248 g/mol. The normalized spacial score (nSPS) is 10.8. The van der Waals surface area contributed by atoms with E-state index in [0.29, 0.717) is 0 Å². The Kier molecular flexibility index (Phi) is 2.71. The molecular weight excluding hydrogens is 232 g/mol. The van der Waals surface area contributed by atoms with Crippen molar-refractivity contribution in [3.63, 3.8) is 0 Å². The number of nitrogens with two attached hydrogens (primary N) is 1. The topological polar surface area (TPSA) is 38.9 Å². The third-order valence-corrected chi connectivity index (χ3v) is 3.41. The molecule has 0 amide bonds. The summed E-state index contributed by atoms with van der Waals surface area (Å²) in [7, 11) is 0. The smallest absolute Gasteiger partial charge is 0.0712 e. The fraction of sp³-hybridized carbons (Fsp3) is 0.118. The predicted molar refractivity (Wildman–Crippen MR) is 81.1 cm³/mol. The van der Waals surface area contributed by atoms with Crippen LogP contribution < -0.4 is 5.73 Å². The molecule has 0 bridgehead atoms. The maximum atomic E-state index is 5.86. The standard InChI is InChI=1S/C17H16N2/c1-11-3-4-13-6-8-16(19-17(13)9-11)14-5-7-15(18)12(2)10-14/h3-10H,18H2,1-2H3. The predicted octanol–water partition coefficient (Wildman–Crippen LogP) is 4.10. The van der Waals surface area contributed by atoms with Crippen LogP contribution in [0.3, 0.4) is 0 Å². The van der Waals surface area contributed by atoms with E-state index in [1.807, 2.05) is 19.1 Å². The van der Waals surface area contributed by atoms with E-state index in [4.69, 9.17) is 10.7 Å². The Bertz CT molecular complexity index is 760. The lowest BCUT2D eigenvalue weighted by atomic mass is 10.1. The largest absolute Gasteiger partial charge is 0.399 e. The Morgan fingerprint density at radius 1 is 0.895 bits per heavy atom. The lowest BCUT2D eigenvalue weighted by molar-refractivity contribution is 1.37. The zero-order chi connectivity index (χ0) is 13.4.